The average molecular weight is 344 g/mol. The van der Waals surface area contributed by atoms with Crippen molar-refractivity contribution in [3.05, 3.63) is 42.1 Å². The number of nitrogens with one attached hydrogen (secondary N) is 1. The van der Waals surface area contributed by atoms with E-state index in [0.717, 1.165) is 18.6 Å². The molecule has 1 saturated heterocycles. The highest BCUT2D eigenvalue weighted by molar-refractivity contribution is 5.87. The molecule has 0 aliphatic carbocycles. The third kappa shape index (κ3) is 5.36. The summed E-state index contributed by atoms with van der Waals surface area (Å²) in [6.07, 6.45) is 5.29. The number of carboxylic acids is 2. The number of hydrogen-bond acceptors (Lipinski definition) is 6. The van der Waals surface area contributed by atoms with Gasteiger partial charge in [0, 0.05) is 17.1 Å². The molecule has 2 aromatic rings. The summed E-state index contributed by atoms with van der Waals surface area (Å²) in [5.74, 6) is -2.11. The number of aliphatic carboxylic acids is 2. The van der Waals surface area contributed by atoms with Crippen LogP contribution in [0.1, 0.15) is 24.3 Å². The molecule has 1 aliphatic rings. The van der Waals surface area contributed by atoms with Crippen LogP contribution in [-0.4, -0.2) is 47.1 Å². The molecule has 1 aromatic heterocycles. The standard InChI is InChI=1S/C14H18N2O.C4H4O4/c1-16-6-4-10(5-7-16)13-9-15-14-3-2-11(17)8-12(13)14;5-3(6)1-2-4(7)8/h2-3,8-10,15,17H,4-7H2,1H3;1-2H,(H,5,6)(H,7,8)/p-2/b;2-1-. The summed E-state index contributed by atoms with van der Waals surface area (Å²) < 4.78 is 0. The minimum Gasteiger partial charge on any atom is -0.545 e. The topological polar surface area (TPSA) is 120 Å². The third-order valence-corrected chi connectivity index (χ3v) is 4.21. The van der Waals surface area contributed by atoms with Crippen LogP contribution in [0.15, 0.2) is 36.5 Å². The number of aromatic nitrogens is 1. The van der Waals surface area contributed by atoms with Gasteiger partial charge in [0.2, 0.25) is 0 Å². The molecule has 2 heterocycles. The number of carbonyl (C=O) groups is 2. The molecular formula is C18H20N2O5-2. The maximum atomic E-state index is 9.59. The number of aromatic hydroxyl groups is 1. The molecule has 0 radical (unpaired) electrons. The predicted molar refractivity (Wildman–Crippen MR) is 88.6 cm³/mol. The number of phenolic OH excluding ortho intramolecular Hbond substituents is 1. The van der Waals surface area contributed by atoms with Crippen molar-refractivity contribution in [3.63, 3.8) is 0 Å². The monoisotopic (exact) mass is 344 g/mol. The lowest BCUT2D eigenvalue weighted by atomic mass is 9.89. The number of carboxylic acid groups (broad SMARTS) is 2. The molecule has 2 N–H and O–H groups in total. The van der Waals surface area contributed by atoms with Crippen LogP contribution in [0.3, 0.4) is 0 Å². The summed E-state index contributed by atoms with van der Waals surface area (Å²) in [5, 5.41) is 29.6. The SMILES string of the molecule is CN1CCC(c2c[nH]c3ccc(O)cc23)CC1.O=C([O-])/C=C\C(=O)[O-]. The number of hydrogen-bond donors (Lipinski definition) is 2. The Hall–Kier alpha value is -2.80. The molecule has 1 fully saturated rings. The fourth-order valence-electron chi connectivity index (χ4n) is 2.92. The highest BCUT2D eigenvalue weighted by Crippen LogP contribution is 2.34. The smallest absolute Gasteiger partial charge is 0.116 e. The van der Waals surface area contributed by atoms with E-state index in [9.17, 15) is 24.9 Å². The van der Waals surface area contributed by atoms with Crippen LogP contribution in [0.5, 0.6) is 5.75 Å². The normalized spacial score (nSPS) is 15.9. The largest absolute Gasteiger partial charge is 0.545 e. The number of rotatable bonds is 3. The zero-order chi connectivity index (χ0) is 18.4. The first kappa shape index (κ1) is 18.5. The summed E-state index contributed by atoms with van der Waals surface area (Å²) in [7, 11) is 2.18. The number of piperidine rings is 1. The van der Waals surface area contributed by atoms with Gasteiger partial charge in [-0.15, -0.1) is 0 Å². The molecule has 7 heteroatoms. The Morgan fingerprint density at radius 3 is 2.36 bits per heavy atom. The highest BCUT2D eigenvalue weighted by Gasteiger charge is 2.20. The summed E-state index contributed by atoms with van der Waals surface area (Å²) in [6.45, 7) is 2.33. The Labute approximate surface area is 145 Å². The maximum absolute atomic E-state index is 9.59. The Bertz CT molecular complexity index is 757. The lowest BCUT2D eigenvalue weighted by Crippen LogP contribution is -2.29. The zero-order valence-corrected chi connectivity index (χ0v) is 13.9. The van der Waals surface area contributed by atoms with E-state index >= 15 is 0 Å². The molecule has 0 unspecified atom stereocenters. The molecular weight excluding hydrogens is 324 g/mol. The number of aromatic amines is 1. The van der Waals surface area contributed by atoms with Gasteiger partial charge in [0.1, 0.15) is 5.75 Å². The van der Waals surface area contributed by atoms with Gasteiger partial charge in [0.25, 0.3) is 0 Å². The first-order chi connectivity index (χ1) is 11.9. The Balaban J connectivity index is 0.000000242. The maximum Gasteiger partial charge on any atom is 0.116 e. The van der Waals surface area contributed by atoms with Crippen molar-refractivity contribution in [2.75, 3.05) is 20.1 Å². The van der Waals surface area contributed by atoms with Crippen LogP contribution in [-0.2, 0) is 9.59 Å². The van der Waals surface area contributed by atoms with Crippen LogP contribution in [0.2, 0.25) is 0 Å². The minimum atomic E-state index is -1.55. The molecule has 134 valence electrons. The van der Waals surface area contributed by atoms with Crippen LogP contribution in [0, 0.1) is 0 Å². The number of fused-ring (bicyclic) bond motifs is 1. The number of carbonyl (C=O) groups excluding carboxylic acids is 2. The van der Waals surface area contributed by atoms with Gasteiger partial charge in [-0.2, -0.15) is 0 Å². The number of H-pyrrole nitrogens is 1. The molecule has 0 atom stereocenters. The number of likely N-dealkylation sites (tertiary alicyclic amines) is 1. The summed E-state index contributed by atoms with van der Waals surface area (Å²) in [5.41, 5.74) is 2.49. The van der Waals surface area contributed by atoms with Gasteiger partial charge >= 0.3 is 0 Å². The fourth-order valence-corrected chi connectivity index (χ4v) is 2.92. The van der Waals surface area contributed by atoms with Crippen LogP contribution in [0.4, 0.5) is 0 Å². The van der Waals surface area contributed by atoms with Gasteiger partial charge in [-0.25, -0.2) is 0 Å². The second kappa shape index (κ2) is 8.34. The van der Waals surface area contributed by atoms with Crippen molar-refractivity contribution in [2.24, 2.45) is 0 Å². The van der Waals surface area contributed by atoms with Crippen molar-refractivity contribution in [2.45, 2.75) is 18.8 Å². The zero-order valence-electron chi connectivity index (χ0n) is 13.9. The molecule has 7 nitrogen and oxygen atoms in total. The van der Waals surface area contributed by atoms with E-state index in [1.165, 1.54) is 23.8 Å². The van der Waals surface area contributed by atoms with Gasteiger partial charge in [0.15, 0.2) is 0 Å². The van der Waals surface area contributed by atoms with E-state index in [0.29, 0.717) is 23.8 Å². The number of benzene rings is 1. The summed E-state index contributed by atoms with van der Waals surface area (Å²) in [4.78, 5) is 24.5. The van der Waals surface area contributed by atoms with Gasteiger partial charge in [0.05, 0.1) is 11.9 Å². The van der Waals surface area contributed by atoms with Crippen molar-refractivity contribution in [3.8, 4) is 5.75 Å². The average Bonchev–Trinajstić information content (AvgIpc) is 2.97. The number of phenols is 1. The first-order valence-electron chi connectivity index (χ1n) is 7.95. The minimum absolute atomic E-state index is 0.353. The van der Waals surface area contributed by atoms with E-state index in [-0.39, 0.29) is 0 Å². The number of nitrogens with zero attached hydrogens (tertiary/aromatic N) is 1. The Kier molecular flexibility index (Phi) is 6.19. The molecule has 0 saturated carbocycles. The van der Waals surface area contributed by atoms with Crippen molar-refractivity contribution in [1.82, 2.24) is 9.88 Å². The Morgan fingerprint density at radius 1 is 1.20 bits per heavy atom. The molecule has 0 bridgehead atoms. The van der Waals surface area contributed by atoms with Gasteiger partial charge < -0.3 is 34.8 Å². The highest BCUT2D eigenvalue weighted by atomic mass is 16.4. The van der Waals surface area contributed by atoms with E-state index < -0.39 is 11.9 Å². The van der Waals surface area contributed by atoms with E-state index in [1.807, 2.05) is 12.1 Å². The van der Waals surface area contributed by atoms with Crippen molar-refractivity contribution in [1.29, 1.82) is 0 Å². The predicted octanol–water partition coefficient (Wildman–Crippen LogP) is -0.275. The Morgan fingerprint density at radius 2 is 1.80 bits per heavy atom. The second-order valence-corrected chi connectivity index (χ2v) is 6.02. The van der Waals surface area contributed by atoms with Gasteiger partial charge in [-0.05, 0) is 74.8 Å². The molecule has 1 aromatic carbocycles. The molecule has 0 amide bonds. The van der Waals surface area contributed by atoms with Crippen LogP contribution < -0.4 is 10.2 Å². The van der Waals surface area contributed by atoms with Crippen LogP contribution >= 0.6 is 0 Å². The summed E-state index contributed by atoms with van der Waals surface area (Å²) >= 11 is 0. The quantitative estimate of drug-likeness (QED) is 0.740. The third-order valence-electron chi connectivity index (χ3n) is 4.21. The summed E-state index contributed by atoms with van der Waals surface area (Å²) in [6, 6.07) is 5.56. The van der Waals surface area contributed by atoms with E-state index in [2.05, 4.69) is 23.1 Å². The lowest BCUT2D eigenvalue weighted by Gasteiger charge is -2.28. The second-order valence-electron chi connectivity index (χ2n) is 6.02. The molecule has 0 spiro atoms. The molecule has 1 aliphatic heterocycles. The first-order valence-corrected chi connectivity index (χ1v) is 7.95. The van der Waals surface area contributed by atoms with Gasteiger partial charge in [-0.3, -0.25) is 0 Å². The lowest BCUT2D eigenvalue weighted by molar-refractivity contribution is -0.301. The van der Waals surface area contributed by atoms with Crippen molar-refractivity contribution >= 4 is 22.8 Å². The van der Waals surface area contributed by atoms with E-state index in [4.69, 9.17) is 0 Å². The molecule has 3 rings (SSSR count). The van der Waals surface area contributed by atoms with Crippen molar-refractivity contribution < 1.29 is 24.9 Å². The van der Waals surface area contributed by atoms with Gasteiger partial charge in [-0.1, -0.05) is 0 Å². The molecule has 25 heavy (non-hydrogen) atoms. The van der Waals surface area contributed by atoms with E-state index in [1.54, 1.807) is 6.07 Å². The van der Waals surface area contributed by atoms with Crippen LogP contribution in [0.25, 0.3) is 10.9 Å². The fraction of sp³-hybridized carbons (Fsp3) is 0.333.